The molecule has 0 amide bonds. The van der Waals surface area contributed by atoms with E-state index in [0.717, 1.165) is 10.8 Å². The zero-order valence-corrected chi connectivity index (χ0v) is 6.95. The lowest BCUT2D eigenvalue weighted by Gasteiger charge is -2.00. The predicted octanol–water partition coefficient (Wildman–Crippen LogP) is 2.13. The summed E-state index contributed by atoms with van der Waals surface area (Å²) in [4.78, 5) is 0. The number of hydrogen-bond acceptors (Lipinski definition) is 1. The van der Waals surface area contributed by atoms with Crippen LogP contribution in [-0.4, -0.2) is 0 Å². The Bertz CT molecular complexity index is 428. The molecule has 2 rings (SSSR count). The van der Waals surface area contributed by atoms with Crippen LogP contribution in [0, 0.1) is 5.21 Å². The lowest BCUT2D eigenvalue weighted by atomic mass is 10.2. The van der Waals surface area contributed by atoms with Crippen LogP contribution in [0.3, 0.4) is 0 Å². The molecule has 1 aromatic carbocycles. The average molecular weight is 180 g/mol. The zero-order chi connectivity index (χ0) is 8.55. The van der Waals surface area contributed by atoms with E-state index in [-0.39, 0.29) is 5.15 Å². The smallest absolute Gasteiger partial charge is 0.294 e. The molecule has 0 aliphatic carbocycles. The van der Waals surface area contributed by atoms with Gasteiger partial charge in [-0.2, -0.15) is 4.73 Å². The van der Waals surface area contributed by atoms with Gasteiger partial charge in [0.25, 0.3) is 5.15 Å². The Kier molecular flexibility index (Phi) is 1.62. The summed E-state index contributed by atoms with van der Waals surface area (Å²) < 4.78 is 0.657. The van der Waals surface area contributed by atoms with Crippen molar-refractivity contribution in [1.82, 2.24) is 0 Å². The third kappa shape index (κ3) is 1.01. The molecule has 0 N–H and O–H groups in total. The van der Waals surface area contributed by atoms with Crippen molar-refractivity contribution in [3.8, 4) is 0 Å². The third-order valence-electron chi connectivity index (χ3n) is 1.77. The van der Waals surface area contributed by atoms with Crippen LogP contribution in [0.2, 0.25) is 5.15 Å². The molecule has 0 unspecified atom stereocenters. The van der Waals surface area contributed by atoms with Gasteiger partial charge in [-0.3, -0.25) is 0 Å². The van der Waals surface area contributed by atoms with Crippen molar-refractivity contribution >= 4 is 22.4 Å². The standard InChI is InChI=1S/C9H6ClNO/c10-9-8-4-2-1-3-7(8)5-6-11(9)12/h1-6H. The number of nitrogens with zero attached hydrogens (tertiary/aromatic N) is 1. The van der Waals surface area contributed by atoms with Gasteiger partial charge in [0.15, 0.2) is 6.20 Å². The van der Waals surface area contributed by atoms with Crippen LogP contribution in [0.5, 0.6) is 0 Å². The maximum absolute atomic E-state index is 11.0. The minimum Gasteiger partial charge on any atom is -0.618 e. The number of aromatic nitrogens is 1. The highest BCUT2D eigenvalue weighted by Gasteiger charge is 2.05. The van der Waals surface area contributed by atoms with Gasteiger partial charge in [0, 0.05) is 6.07 Å². The van der Waals surface area contributed by atoms with Gasteiger partial charge in [-0.15, -0.1) is 0 Å². The fraction of sp³-hybridized carbons (Fsp3) is 0. The van der Waals surface area contributed by atoms with Crippen molar-refractivity contribution in [3.63, 3.8) is 0 Å². The van der Waals surface area contributed by atoms with Crippen LogP contribution >= 0.6 is 11.6 Å². The summed E-state index contributed by atoms with van der Waals surface area (Å²) in [7, 11) is 0. The maximum Gasteiger partial charge on any atom is 0.294 e. The number of fused-ring (bicyclic) bond motifs is 1. The van der Waals surface area contributed by atoms with E-state index in [9.17, 15) is 5.21 Å². The average Bonchev–Trinajstić information content (AvgIpc) is 2.12. The monoisotopic (exact) mass is 179 g/mol. The largest absolute Gasteiger partial charge is 0.618 e. The molecule has 2 nitrogen and oxygen atoms in total. The molecule has 0 saturated carbocycles. The Labute approximate surface area is 74.6 Å². The summed E-state index contributed by atoms with van der Waals surface area (Å²) in [5.41, 5.74) is 0. The first kappa shape index (κ1) is 7.37. The molecule has 60 valence electrons. The number of hydrogen-bond donors (Lipinski definition) is 0. The quantitative estimate of drug-likeness (QED) is 0.346. The molecule has 0 saturated heterocycles. The SMILES string of the molecule is [O-][n+]1ccc2ccccc2c1Cl. The number of halogens is 1. The van der Waals surface area contributed by atoms with Gasteiger partial charge in [0.2, 0.25) is 0 Å². The third-order valence-corrected chi connectivity index (χ3v) is 2.14. The molecule has 0 fully saturated rings. The second-order valence-electron chi connectivity index (χ2n) is 2.52. The molecule has 3 heteroatoms. The van der Waals surface area contributed by atoms with E-state index in [2.05, 4.69) is 0 Å². The first-order chi connectivity index (χ1) is 5.79. The Balaban J connectivity index is 2.91. The molecular formula is C9H6ClNO. The molecule has 1 aromatic heterocycles. The van der Waals surface area contributed by atoms with Crippen molar-refractivity contribution < 1.29 is 4.73 Å². The minimum absolute atomic E-state index is 0.230. The molecular weight excluding hydrogens is 174 g/mol. The van der Waals surface area contributed by atoms with Crippen molar-refractivity contribution in [3.05, 3.63) is 46.9 Å². The van der Waals surface area contributed by atoms with E-state index in [1.807, 2.05) is 24.3 Å². The number of pyridine rings is 1. The fourth-order valence-corrected chi connectivity index (χ4v) is 1.39. The van der Waals surface area contributed by atoms with E-state index < -0.39 is 0 Å². The highest BCUT2D eigenvalue weighted by Crippen LogP contribution is 2.18. The first-order valence-corrected chi connectivity index (χ1v) is 3.93. The molecule has 1 heterocycles. The van der Waals surface area contributed by atoms with Crippen LogP contribution in [0.4, 0.5) is 0 Å². The van der Waals surface area contributed by atoms with Gasteiger partial charge in [-0.1, -0.05) is 18.2 Å². The molecule has 0 bridgehead atoms. The highest BCUT2D eigenvalue weighted by molar-refractivity contribution is 6.33. The second-order valence-corrected chi connectivity index (χ2v) is 2.88. The normalized spacial score (nSPS) is 10.4. The van der Waals surface area contributed by atoms with Crippen LogP contribution in [0.25, 0.3) is 10.8 Å². The molecule has 12 heavy (non-hydrogen) atoms. The summed E-state index contributed by atoms with van der Waals surface area (Å²) in [6.07, 6.45) is 1.41. The summed E-state index contributed by atoms with van der Waals surface area (Å²) >= 11 is 5.78. The van der Waals surface area contributed by atoms with E-state index in [0.29, 0.717) is 4.73 Å². The number of rotatable bonds is 0. The van der Waals surface area contributed by atoms with E-state index >= 15 is 0 Å². The Morgan fingerprint density at radius 3 is 2.75 bits per heavy atom. The van der Waals surface area contributed by atoms with Crippen LogP contribution in [-0.2, 0) is 0 Å². The molecule has 0 spiro atoms. The topological polar surface area (TPSA) is 26.9 Å². The van der Waals surface area contributed by atoms with E-state index in [1.165, 1.54) is 6.20 Å². The molecule has 2 aromatic rings. The van der Waals surface area contributed by atoms with Crippen molar-refractivity contribution in [2.45, 2.75) is 0 Å². The van der Waals surface area contributed by atoms with Gasteiger partial charge in [0.05, 0.1) is 5.39 Å². The van der Waals surface area contributed by atoms with Gasteiger partial charge < -0.3 is 5.21 Å². The molecule has 0 aliphatic rings. The molecule has 0 radical (unpaired) electrons. The van der Waals surface area contributed by atoms with Gasteiger partial charge in [0.1, 0.15) is 0 Å². The van der Waals surface area contributed by atoms with Gasteiger partial charge in [-0.05, 0) is 23.1 Å². The lowest BCUT2D eigenvalue weighted by molar-refractivity contribution is -0.601. The maximum atomic E-state index is 11.0. The highest BCUT2D eigenvalue weighted by atomic mass is 35.5. The Morgan fingerprint density at radius 2 is 1.92 bits per heavy atom. The zero-order valence-electron chi connectivity index (χ0n) is 6.20. The van der Waals surface area contributed by atoms with Gasteiger partial charge in [-0.25, -0.2) is 0 Å². The van der Waals surface area contributed by atoms with Crippen LogP contribution in [0.1, 0.15) is 0 Å². The second kappa shape index (κ2) is 2.64. The Morgan fingerprint density at radius 1 is 1.17 bits per heavy atom. The first-order valence-electron chi connectivity index (χ1n) is 3.55. The lowest BCUT2D eigenvalue weighted by Crippen LogP contribution is -2.26. The van der Waals surface area contributed by atoms with Crippen LogP contribution < -0.4 is 4.73 Å². The summed E-state index contributed by atoms with van der Waals surface area (Å²) in [5, 5.41) is 13.0. The van der Waals surface area contributed by atoms with E-state index in [1.54, 1.807) is 6.07 Å². The predicted molar refractivity (Wildman–Crippen MR) is 47.9 cm³/mol. The van der Waals surface area contributed by atoms with Gasteiger partial charge >= 0.3 is 0 Å². The van der Waals surface area contributed by atoms with Crippen LogP contribution in [0.15, 0.2) is 36.5 Å². The molecule has 0 atom stereocenters. The van der Waals surface area contributed by atoms with E-state index in [4.69, 9.17) is 11.6 Å². The van der Waals surface area contributed by atoms with Crippen molar-refractivity contribution in [2.24, 2.45) is 0 Å². The summed E-state index contributed by atoms with van der Waals surface area (Å²) in [6, 6.07) is 9.25. The Hall–Kier alpha value is -1.28. The van der Waals surface area contributed by atoms with Crippen molar-refractivity contribution in [1.29, 1.82) is 0 Å². The summed E-state index contributed by atoms with van der Waals surface area (Å²) in [5.74, 6) is 0. The number of benzene rings is 1. The van der Waals surface area contributed by atoms with Crippen molar-refractivity contribution in [2.75, 3.05) is 0 Å². The summed E-state index contributed by atoms with van der Waals surface area (Å²) in [6.45, 7) is 0. The minimum atomic E-state index is 0.230. The fourth-order valence-electron chi connectivity index (χ4n) is 1.16. The molecule has 0 aliphatic heterocycles.